The summed E-state index contributed by atoms with van der Waals surface area (Å²) in [6, 6.07) is 1.87. The number of nitrogens with zero attached hydrogens (tertiary/aromatic N) is 1. The summed E-state index contributed by atoms with van der Waals surface area (Å²) in [5, 5.41) is 3.45. The molecular formula is C15H23FN2. The molecule has 2 rings (SSSR count). The molecule has 0 saturated heterocycles. The molecule has 1 fully saturated rings. The van der Waals surface area contributed by atoms with Crippen molar-refractivity contribution in [2.75, 3.05) is 6.54 Å². The first kappa shape index (κ1) is 13.5. The van der Waals surface area contributed by atoms with Crippen molar-refractivity contribution < 1.29 is 4.39 Å². The largest absolute Gasteiger partial charge is 0.310 e. The highest BCUT2D eigenvalue weighted by Crippen LogP contribution is 2.72. The zero-order chi connectivity index (χ0) is 13.6. The molecule has 0 aromatic carbocycles. The van der Waals surface area contributed by atoms with Gasteiger partial charge in [0.15, 0.2) is 0 Å². The van der Waals surface area contributed by atoms with Gasteiger partial charge < -0.3 is 5.32 Å². The smallest absolute Gasteiger partial charge is 0.146 e. The monoisotopic (exact) mass is 250 g/mol. The normalized spacial score (nSPS) is 22.8. The van der Waals surface area contributed by atoms with Crippen LogP contribution in [0.25, 0.3) is 0 Å². The van der Waals surface area contributed by atoms with Gasteiger partial charge in [0.25, 0.3) is 0 Å². The van der Waals surface area contributed by atoms with Gasteiger partial charge in [-0.05, 0) is 29.4 Å². The van der Waals surface area contributed by atoms with E-state index in [1.54, 1.807) is 12.3 Å². The van der Waals surface area contributed by atoms with E-state index in [4.69, 9.17) is 0 Å². The minimum atomic E-state index is -0.207. The molecule has 0 aliphatic heterocycles. The molecule has 1 heterocycles. The van der Waals surface area contributed by atoms with Gasteiger partial charge in [-0.3, -0.25) is 4.98 Å². The van der Waals surface area contributed by atoms with Crippen molar-refractivity contribution in [1.82, 2.24) is 10.3 Å². The highest BCUT2D eigenvalue weighted by Gasteiger charge is 2.67. The maximum atomic E-state index is 14.0. The molecule has 0 bridgehead atoms. The summed E-state index contributed by atoms with van der Waals surface area (Å²) < 4.78 is 14.0. The Bertz CT molecular complexity index is 426. The number of pyridine rings is 1. The van der Waals surface area contributed by atoms with Crippen LogP contribution in [0.4, 0.5) is 4.39 Å². The maximum Gasteiger partial charge on any atom is 0.146 e. The lowest BCUT2D eigenvalue weighted by atomic mass is 9.97. The molecule has 100 valence electrons. The second-order valence-corrected chi connectivity index (χ2v) is 6.35. The van der Waals surface area contributed by atoms with E-state index in [0.29, 0.717) is 5.92 Å². The average Bonchev–Trinajstić information content (AvgIpc) is 2.68. The summed E-state index contributed by atoms with van der Waals surface area (Å²) in [4.78, 5) is 3.84. The van der Waals surface area contributed by atoms with E-state index in [-0.39, 0.29) is 22.7 Å². The Morgan fingerprint density at radius 1 is 1.33 bits per heavy atom. The molecule has 1 aromatic rings. The van der Waals surface area contributed by atoms with Gasteiger partial charge in [-0.2, -0.15) is 0 Å². The Morgan fingerprint density at radius 3 is 2.39 bits per heavy atom. The van der Waals surface area contributed by atoms with Gasteiger partial charge in [-0.1, -0.05) is 34.6 Å². The highest BCUT2D eigenvalue weighted by atomic mass is 19.1. The number of hydrogen-bond donors (Lipinski definition) is 1. The molecule has 1 aromatic heterocycles. The van der Waals surface area contributed by atoms with Crippen LogP contribution in [0.3, 0.4) is 0 Å². The van der Waals surface area contributed by atoms with Crippen LogP contribution >= 0.6 is 0 Å². The summed E-state index contributed by atoms with van der Waals surface area (Å²) in [6.07, 6.45) is 2.98. The van der Waals surface area contributed by atoms with Gasteiger partial charge in [0, 0.05) is 17.8 Å². The first-order chi connectivity index (χ1) is 8.34. The van der Waals surface area contributed by atoms with E-state index in [9.17, 15) is 4.39 Å². The van der Waals surface area contributed by atoms with Crippen LogP contribution in [-0.4, -0.2) is 11.5 Å². The summed E-state index contributed by atoms with van der Waals surface area (Å²) in [5.74, 6) is 0.240. The third kappa shape index (κ3) is 1.85. The third-order valence-electron chi connectivity index (χ3n) is 5.03. The number of rotatable bonds is 4. The second kappa shape index (κ2) is 4.30. The van der Waals surface area contributed by atoms with Crippen molar-refractivity contribution in [3.63, 3.8) is 0 Å². The van der Waals surface area contributed by atoms with Gasteiger partial charge in [0.2, 0.25) is 0 Å². The van der Waals surface area contributed by atoms with Crippen LogP contribution < -0.4 is 5.32 Å². The van der Waals surface area contributed by atoms with E-state index < -0.39 is 0 Å². The lowest BCUT2D eigenvalue weighted by molar-refractivity contribution is 0.403. The van der Waals surface area contributed by atoms with E-state index in [1.165, 1.54) is 6.20 Å². The third-order valence-corrected chi connectivity index (χ3v) is 5.03. The van der Waals surface area contributed by atoms with E-state index in [1.807, 2.05) is 0 Å². The number of aromatic nitrogens is 1. The molecule has 1 aliphatic rings. The van der Waals surface area contributed by atoms with Crippen molar-refractivity contribution in [3.05, 3.63) is 29.8 Å². The van der Waals surface area contributed by atoms with Crippen LogP contribution in [0, 0.1) is 22.6 Å². The van der Waals surface area contributed by atoms with Crippen LogP contribution in [0.2, 0.25) is 0 Å². The van der Waals surface area contributed by atoms with Crippen molar-refractivity contribution in [1.29, 1.82) is 0 Å². The number of nitrogens with one attached hydrogen (secondary N) is 1. The first-order valence-corrected chi connectivity index (χ1v) is 6.66. The minimum absolute atomic E-state index is 0.0722. The number of hydrogen-bond acceptors (Lipinski definition) is 2. The topological polar surface area (TPSA) is 24.9 Å². The van der Waals surface area contributed by atoms with Crippen molar-refractivity contribution >= 4 is 0 Å². The van der Waals surface area contributed by atoms with Gasteiger partial charge >= 0.3 is 0 Å². The Hall–Kier alpha value is -0.960. The Labute approximate surface area is 109 Å². The fraction of sp³-hybridized carbons (Fsp3) is 0.667. The molecule has 18 heavy (non-hydrogen) atoms. The summed E-state index contributed by atoms with van der Waals surface area (Å²) in [7, 11) is 0. The van der Waals surface area contributed by atoms with Gasteiger partial charge in [-0.25, -0.2) is 4.39 Å². The van der Waals surface area contributed by atoms with Gasteiger partial charge in [-0.15, -0.1) is 0 Å². The predicted molar refractivity (Wildman–Crippen MR) is 71.7 cm³/mol. The molecule has 1 aliphatic carbocycles. The molecule has 1 unspecified atom stereocenters. The van der Waals surface area contributed by atoms with Crippen molar-refractivity contribution in [2.24, 2.45) is 16.7 Å². The summed E-state index contributed by atoms with van der Waals surface area (Å²) in [6.45, 7) is 12.0. The van der Waals surface area contributed by atoms with Crippen molar-refractivity contribution in [3.8, 4) is 0 Å². The molecule has 2 nitrogen and oxygen atoms in total. The molecule has 0 spiro atoms. The standard InChI is InChI=1S/C15H23FN2/c1-6-18-12(10-7-8-17-9-11(10)16)13-14(2,3)15(13,4)5/h7-9,12-13,18H,6H2,1-5H3. The van der Waals surface area contributed by atoms with Crippen LogP contribution in [0.5, 0.6) is 0 Å². The van der Waals surface area contributed by atoms with Gasteiger partial charge in [0.05, 0.1) is 6.20 Å². The Balaban J connectivity index is 2.35. The number of halogens is 1. The van der Waals surface area contributed by atoms with E-state index in [2.05, 4.69) is 44.9 Å². The molecule has 3 heteroatoms. The summed E-state index contributed by atoms with van der Waals surface area (Å²) >= 11 is 0. The van der Waals surface area contributed by atoms with E-state index >= 15 is 0 Å². The quantitative estimate of drug-likeness (QED) is 0.884. The zero-order valence-electron chi connectivity index (χ0n) is 11.9. The minimum Gasteiger partial charge on any atom is -0.310 e. The van der Waals surface area contributed by atoms with Crippen LogP contribution in [-0.2, 0) is 0 Å². The Morgan fingerprint density at radius 2 is 1.94 bits per heavy atom. The molecule has 1 saturated carbocycles. The predicted octanol–water partition coefficient (Wildman–Crippen LogP) is 3.55. The van der Waals surface area contributed by atoms with Crippen molar-refractivity contribution in [2.45, 2.75) is 40.7 Å². The lowest BCUT2D eigenvalue weighted by Gasteiger charge is -2.21. The van der Waals surface area contributed by atoms with Crippen LogP contribution in [0.1, 0.15) is 46.2 Å². The lowest BCUT2D eigenvalue weighted by Crippen LogP contribution is -2.26. The molecule has 0 radical (unpaired) electrons. The second-order valence-electron chi connectivity index (χ2n) is 6.35. The SMILES string of the molecule is CCNC(c1ccncc1F)C1C(C)(C)C1(C)C. The maximum absolute atomic E-state index is 14.0. The zero-order valence-corrected chi connectivity index (χ0v) is 11.9. The van der Waals surface area contributed by atoms with Gasteiger partial charge in [0.1, 0.15) is 5.82 Å². The Kier molecular flexibility index (Phi) is 3.22. The fourth-order valence-electron chi connectivity index (χ4n) is 3.35. The molecule has 1 N–H and O–H groups in total. The molecule has 1 atom stereocenters. The molecular weight excluding hydrogens is 227 g/mol. The summed E-state index contributed by atoms with van der Waals surface area (Å²) in [5.41, 5.74) is 1.21. The fourth-order valence-corrected chi connectivity index (χ4v) is 3.35. The van der Waals surface area contributed by atoms with Crippen LogP contribution in [0.15, 0.2) is 18.5 Å². The van der Waals surface area contributed by atoms with E-state index in [0.717, 1.165) is 12.1 Å². The first-order valence-electron chi connectivity index (χ1n) is 6.66. The molecule has 0 amide bonds. The highest BCUT2D eigenvalue weighted by molar-refractivity contribution is 5.26. The average molecular weight is 250 g/mol.